The van der Waals surface area contributed by atoms with Crippen LogP contribution in [0.4, 0.5) is 0 Å². The van der Waals surface area contributed by atoms with Crippen LogP contribution in [0.3, 0.4) is 0 Å². The first-order valence-corrected chi connectivity index (χ1v) is 22.7. The van der Waals surface area contributed by atoms with Crippen molar-refractivity contribution >= 4 is 16.1 Å². The fourth-order valence-electron chi connectivity index (χ4n) is 8.65. The van der Waals surface area contributed by atoms with Crippen molar-refractivity contribution in [1.82, 2.24) is 0 Å². The molecular weight excluding hydrogens is 618 g/mol. The van der Waals surface area contributed by atoms with Crippen molar-refractivity contribution < 1.29 is 47.7 Å². The van der Waals surface area contributed by atoms with E-state index in [2.05, 4.69) is 61.7 Å². The zero-order valence-corrected chi connectivity index (χ0v) is 26.3. The normalized spacial score (nSPS) is 44.7. The second-order valence-corrected chi connectivity index (χ2v) is 28.4. The van der Waals surface area contributed by atoms with E-state index in [9.17, 15) is 0 Å². The third-order valence-corrected chi connectivity index (χ3v) is 30.9. The third kappa shape index (κ3) is 4.13. The molecule has 0 aromatic heterocycles. The van der Waals surface area contributed by atoms with Gasteiger partial charge in [0.1, 0.15) is 0 Å². The van der Waals surface area contributed by atoms with Crippen LogP contribution < -0.4 is 24.8 Å². The first-order chi connectivity index (χ1) is 14.1. The molecule has 0 bridgehead atoms. The van der Waals surface area contributed by atoms with Gasteiger partial charge >= 0.3 is 193 Å². The van der Waals surface area contributed by atoms with Crippen LogP contribution in [0.5, 0.6) is 0 Å². The van der Waals surface area contributed by atoms with Gasteiger partial charge in [0, 0.05) is 0 Å². The monoisotopic (exact) mass is 656 g/mol. The third-order valence-electron chi connectivity index (χ3n) is 10.4. The van der Waals surface area contributed by atoms with E-state index in [-0.39, 0.29) is 24.8 Å². The van der Waals surface area contributed by atoms with Gasteiger partial charge in [-0.1, -0.05) is 0 Å². The number of halogens is 2. The van der Waals surface area contributed by atoms with Crippen LogP contribution in [0.15, 0.2) is 48.6 Å². The molecule has 0 N–H and O–H groups in total. The Bertz CT molecular complexity index is 718. The summed E-state index contributed by atoms with van der Waals surface area (Å²) in [6.07, 6.45) is 26.5. The molecule has 5 heteroatoms. The van der Waals surface area contributed by atoms with Gasteiger partial charge in [0.2, 0.25) is 0 Å². The Kier molecular flexibility index (Phi) is 7.63. The number of hydrogen-bond acceptors (Lipinski definition) is 0. The predicted octanol–water partition coefficient (Wildman–Crippen LogP) is 1.88. The predicted molar refractivity (Wildman–Crippen MR) is 126 cm³/mol. The van der Waals surface area contributed by atoms with E-state index in [4.69, 9.17) is 0 Å². The molecule has 31 heavy (non-hydrogen) atoms. The summed E-state index contributed by atoms with van der Waals surface area (Å²) in [6, 6.07) is 6.65. The van der Waals surface area contributed by atoms with Crippen molar-refractivity contribution in [3.05, 3.63) is 48.6 Å². The van der Waals surface area contributed by atoms with Crippen LogP contribution in [0, 0.1) is 23.7 Å². The molecule has 0 radical (unpaired) electrons. The molecular formula is C26H38Cl2HfSi2. The SMILES string of the molecule is C[Si]1(C2[CH]([Hf+2][CH]3CC4C=CC=CC4C3[Si]3(C)CCC3)CC3C=CC=CC32)CCC1.[Cl-].[Cl-]. The molecule has 2 saturated carbocycles. The van der Waals surface area contributed by atoms with Crippen LogP contribution in [0.25, 0.3) is 0 Å². The summed E-state index contributed by atoms with van der Waals surface area (Å²) in [6.45, 7) is 5.65. The van der Waals surface area contributed by atoms with E-state index in [1.807, 2.05) is 0 Å². The average molecular weight is 656 g/mol. The number of hydrogen-bond donors (Lipinski definition) is 0. The van der Waals surface area contributed by atoms with Crippen LogP contribution in [0.1, 0.15) is 25.7 Å². The molecule has 8 atom stereocenters. The van der Waals surface area contributed by atoms with Crippen molar-refractivity contribution in [3.8, 4) is 0 Å². The molecule has 0 spiro atoms. The van der Waals surface area contributed by atoms with E-state index < -0.39 is 39.1 Å². The van der Waals surface area contributed by atoms with E-state index >= 15 is 0 Å². The summed E-state index contributed by atoms with van der Waals surface area (Å²) < 4.78 is 2.46. The van der Waals surface area contributed by atoms with E-state index in [1.54, 1.807) is 49.9 Å². The number of fused-ring (bicyclic) bond motifs is 2. The molecule has 2 heterocycles. The van der Waals surface area contributed by atoms with Gasteiger partial charge in [0.05, 0.1) is 0 Å². The van der Waals surface area contributed by atoms with Gasteiger partial charge in [-0.2, -0.15) is 0 Å². The molecule has 6 rings (SSSR count). The molecule has 4 aliphatic carbocycles. The molecule has 168 valence electrons. The van der Waals surface area contributed by atoms with Crippen molar-refractivity contribution in [1.29, 1.82) is 0 Å². The minimum Gasteiger partial charge on any atom is -1.00 e. The summed E-state index contributed by atoms with van der Waals surface area (Å²) in [5.41, 5.74) is 2.35. The number of rotatable bonds is 4. The summed E-state index contributed by atoms with van der Waals surface area (Å²) >= 11 is -0.658. The second-order valence-electron chi connectivity index (χ2n) is 11.9. The molecule has 2 saturated heterocycles. The van der Waals surface area contributed by atoms with Crippen molar-refractivity contribution in [2.75, 3.05) is 0 Å². The molecule has 0 amide bonds. The second kappa shape index (κ2) is 9.48. The molecule has 4 fully saturated rings. The van der Waals surface area contributed by atoms with Gasteiger partial charge in [-0.15, -0.1) is 0 Å². The largest absolute Gasteiger partial charge is 1.00 e. The van der Waals surface area contributed by atoms with Gasteiger partial charge in [0.15, 0.2) is 0 Å². The maximum absolute atomic E-state index is 2.82. The number of allylic oxidation sites excluding steroid dienone is 8. The zero-order chi connectivity index (χ0) is 19.6. The summed E-state index contributed by atoms with van der Waals surface area (Å²) in [4.78, 5) is 0. The van der Waals surface area contributed by atoms with E-state index in [0.29, 0.717) is 0 Å². The van der Waals surface area contributed by atoms with Crippen LogP contribution >= 0.6 is 0 Å². The van der Waals surface area contributed by atoms with E-state index in [1.165, 1.54) is 18.4 Å². The molecule has 0 aromatic carbocycles. The maximum atomic E-state index is 2.82. The fourth-order valence-corrected chi connectivity index (χ4v) is 36.0. The molecule has 0 aromatic rings. The smallest absolute Gasteiger partial charge is 1.00 e. The molecule has 6 aliphatic rings. The fraction of sp³-hybridized carbons (Fsp3) is 0.692. The Labute approximate surface area is 216 Å². The Morgan fingerprint density at radius 1 is 0.613 bits per heavy atom. The quantitative estimate of drug-likeness (QED) is 0.406. The Balaban J connectivity index is 0.00000116. The van der Waals surface area contributed by atoms with E-state index in [0.717, 1.165) is 23.7 Å². The summed E-state index contributed by atoms with van der Waals surface area (Å²) in [5.74, 6) is 3.75. The van der Waals surface area contributed by atoms with Gasteiger partial charge in [0.25, 0.3) is 0 Å². The zero-order valence-electron chi connectivity index (χ0n) is 19.2. The first kappa shape index (κ1) is 25.0. The van der Waals surface area contributed by atoms with Gasteiger partial charge < -0.3 is 24.8 Å². The minimum absolute atomic E-state index is 0. The van der Waals surface area contributed by atoms with Gasteiger partial charge in [-0.05, 0) is 0 Å². The average Bonchev–Trinajstić information content (AvgIpc) is 3.22. The van der Waals surface area contributed by atoms with Crippen LogP contribution in [-0.4, -0.2) is 16.1 Å². The Morgan fingerprint density at radius 2 is 1.00 bits per heavy atom. The first-order valence-electron chi connectivity index (χ1n) is 12.5. The minimum atomic E-state index is -0.961. The summed E-state index contributed by atoms with van der Waals surface area (Å²) in [5, 5.41) is 0. The molecule has 2 aliphatic heterocycles. The topological polar surface area (TPSA) is 0 Å². The van der Waals surface area contributed by atoms with Crippen molar-refractivity contribution in [3.63, 3.8) is 0 Å². The Hall–Kier alpha value is 0.844. The standard InChI is InChI=1S/2C13H19Si.2ClH.Hf/c2*1-14(9-4-10-14)13-8-7-11-5-2-3-6-12(11)13;;;/h2*2-3,5-6,8,11-13H,4,7,9-10H2,1H3;2*1H;/q;;;;+2/p-2. The summed E-state index contributed by atoms with van der Waals surface area (Å²) in [7, 11) is -1.92. The Morgan fingerprint density at radius 3 is 1.35 bits per heavy atom. The van der Waals surface area contributed by atoms with Gasteiger partial charge in [-0.25, -0.2) is 0 Å². The maximum Gasteiger partial charge on any atom is -1.00 e. The van der Waals surface area contributed by atoms with Crippen molar-refractivity contribution in [2.24, 2.45) is 23.7 Å². The molecule has 8 unspecified atom stereocenters. The van der Waals surface area contributed by atoms with Crippen LogP contribution in [-0.2, 0) is 22.9 Å². The van der Waals surface area contributed by atoms with Crippen molar-refractivity contribution in [2.45, 2.75) is 81.4 Å². The molecule has 0 nitrogen and oxygen atoms in total. The van der Waals surface area contributed by atoms with Crippen LogP contribution in [0.2, 0.25) is 55.7 Å². The van der Waals surface area contributed by atoms with Gasteiger partial charge in [-0.3, -0.25) is 0 Å².